The van der Waals surface area contributed by atoms with E-state index in [9.17, 15) is 0 Å². The molecule has 0 saturated carbocycles. The summed E-state index contributed by atoms with van der Waals surface area (Å²) in [6, 6.07) is 8.66. The minimum Gasteiger partial charge on any atom is -0.497 e. The molecule has 96 valence electrons. The zero-order valence-electron chi connectivity index (χ0n) is 10.9. The van der Waals surface area contributed by atoms with E-state index >= 15 is 0 Å². The van der Waals surface area contributed by atoms with Gasteiger partial charge in [0.2, 0.25) is 0 Å². The minimum atomic E-state index is 0.256. The summed E-state index contributed by atoms with van der Waals surface area (Å²) in [5.41, 5.74) is 1.22. The first kappa shape index (κ1) is 13.1. The van der Waals surface area contributed by atoms with Gasteiger partial charge in [0.25, 0.3) is 0 Å². The highest BCUT2D eigenvalue weighted by Crippen LogP contribution is 2.23. The number of nitrogens with zero attached hydrogens (tertiary/aromatic N) is 1. The Balaban J connectivity index is 2.04. The highest BCUT2D eigenvalue weighted by atomic mass is 32.1. The molecule has 4 heteroatoms. The van der Waals surface area contributed by atoms with E-state index in [0.717, 1.165) is 10.8 Å². The van der Waals surface area contributed by atoms with Crippen LogP contribution in [0, 0.1) is 0 Å². The Morgan fingerprint density at radius 2 is 2.11 bits per heavy atom. The molecule has 1 aromatic carbocycles. The van der Waals surface area contributed by atoms with Gasteiger partial charge in [0.1, 0.15) is 10.8 Å². The van der Waals surface area contributed by atoms with Crippen LogP contribution in [0.4, 0.5) is 0 Å². The molecule has 0 fully saturated rings. The van der Waals surface area contributed by atoms with Gasteiger partial charge in [-0.15, -0.1) is 11.3 Å². The monoisotopic (exact) mass is 262 g/mol. The maximum absolute atomic E-state index is 5.24. The van der Waals surface area contributed by atoms with Crippen molar-refractivity contribution in [2.45, 2.75) is 25.9 Å². The van der Waals surface area contributed by atoms with E-state index in [4.69, 9.17) is 4.74 Å². The lowest BCUT2D eigenvalue weighted by molar-refractivity contribution is 0.412. The number of methoxy groups -OCH3 is 1. The molecule has 0 aliphatic rings. The zero-order chi connectivity index (χ0) is 13.0. The van der Waals surface area contributed by atoms with Crippen LogP contribution in [0.3, 0.4) is 0 Å². The average Bonchev–Trinajstić information content (AvgIpc) is 2.92. The Kier molecular flexibility index (Phi) is 4.33. The van der Waals surface area contributed by atoms with Crippen molar-refractivity contribution in [3.63, 3.8) is 0 Å². The fourth-order valence-corrected chi connectivity index (χ4v) is 2.56. The fraction of sp³-hybridized carbons (Fsp3) is 0.357. The van der Waals surface area contributed by atoms with Gasteiger partial charge >= 0.3 is 0 Å². The second kappa shape index (κ2) is 5.98. The maximum atomic E-state index is 5.24. The van der Waals surface area contributed by atoms with E-state index in [1.54, 1.807) is 18.4 Å². The van der Waals surface area contributed by atoms with Crippen molar-refractivity contribution in [3.8, 4) is 5.75 Å². The molecule has 0 bridgehead atoms. The lowest BCUT2D eigenvalue weighted by Gasteiger charge is -2.19. The lowest BCUT2D eigenvalue weighted by Crippen LogP contribution is -2.22. The molecule has 1 unspecified atom stereocenters. The number of nitrogens with one attached hydrogen (secondary N) is 1. The zero-order valence-corrected chi connectivity index (χ0v) is 11.7. The second-order valence-corrected chi connectivity index (χ2v) is 5.18. The maximum Gasteiger partial charge on any atom is 0.119 e. The van der Waals surface area contributed by atoms with Gasteiger partial charge in [0, 0.05) is 17.6 Å². The first-order valence-corrected chi connectivity index (χ1v) is 6.88. The summed E-state index contributed by atoms with van der Waals surface area (Å²) in [6.07, 6.45) is 1.84. The Morgan fingerprint density at radius 3 is 2.78 bits per heavy atom. The standard InChI is InChI=1S/C14H18N2OS/c1-10(12-5-4-6-13(9-12)17-3)16-11(2)14-15-7-8-18-14/h4-11,16H,1-3H3/t10-,11?/m0/s1. The van der Waals surface area contributed by atoms with Gasteiger partial charge in [0.15, 0.2) is 0 Å². The van der Waals surface area contributed by atoms with E-state index < -0.39 is 0 Å². The molecule has 0 spiro atoms. The van der Waals surface area contributed by atoms with E-state index in [1.165, 1.54) is 5.56 Å². The lowest BCUT2D eigenvalue weighted by atomic mass is 10.1. The Hall–Kier alpha value is -1.39. The van der Waals surface area contributed by atoms with Crippen LogP contribution in [0.1, 0.15) is 36.5 Å². The van der Waals surface area contributed by atoms with Crippen LogP contribution in [0.15, 0.2) is 35.8 Å². The van der Waals surface area contributed by atoms with Crippen molar-refractivity contribution in [1.29, 1.82) is 0 Å². The second-order valence-electron chi connectivity index (χ2n) is 4.26. The van der Waals surface area contributed by atoms with Crippen LogP contribution in [0.2, 0.25) is 0 Å². The number of rotatable bonds is 5. The van der Waals surface area contributed by atoms with Gasteiger partial charge in [0.05, 0.1) is 13.2 Å². The Morgan fingerprint density at radius 1 is 1.28 bits per heavy atom. The molecule has 0 aliphatic carbocycles. The first-order valence-electron chi connectivity index (χ1n) is 6.00. The van der Waals surface area contributed by atoms with E-state index in [0.29, 0.717) is 0 Å². The Bertz CT molecular complexity index is 484. The molecular weight excluding hydrogens is 244 g/mol. The van der Waals surface area contributed by atoms with Crippen LogP contribution in [0.5, 0.6) is 5.75 Å². The van der Waals surface area contributed by atoms with Crippen molar-refractivity contribution in [2.24, 2.45) is 0 Å². The molecule has 2 rings (SSSR count). The predicted molar refractivity (Wildman–Crippen MR) is 75.1 cm³/mol. The van der Waals surface area contributed by atoms with Crippen LogP contribution >= 0.6 is 11.3 Å². The quantitative estimate of drug-likeness (QED) is 0.894. The summed E-state index contributed by atoms with van der Waals surface area (Å²) in [4.78, 5) is 4.33. The van der Waals surface area contributed by atoms with E-state index in [1.807, 2.05) is 23.7 Å². The third-order valence-corrected chi connectivity index (χ3v) is 3.87. The van der Waals surface area contributed by atoms with Gasteiger partial charge in [-0.05, 0) is 31.5 Å². The fourth-order valence-electron chi connectivity index (χ4n) is 1.90. The molecule has 1 aromatic heterocycles. The number of hydrogen-bond acceptors (Lipinski definition) is 4. The van der Waals surface area contributed by atoms with Gasteiger partial charge in [-0.1, -0.05) is 12.1 Å². The molecule has 1 N–H and O–H groups in total. The van der Waals surface area contributed by atoms with E-state index in [-0.39, 0.29) is 12.1 Å². The predicted octanol–water partition coefficient (Wildman–Crippen LogP) is 3.56. The normalized spacial score (nSPS) is 14.2. The third-order valence-electron chi connectivity index (χ3n) is 2.92. The van der Waals surface area contributed by atoms with E-state index in [2.05, 4.69) is 36.3 Å². The summed E-state index contributed by atoms with van der Waals surface area (Å²) in [6.45, 7) is 4.29. The van der Waals surface area contributed by atoms with Gasteiger partial charge in [-0.3, -0.25) is 0 Å². The number of benzene rings is 1. The van der Waals surface area contributed by atoms with Crippen LogP contribution in [-0.2, 0) is 0 Å². The van der Waals surface area contributed by atoms with Crippen molar-refractivity contribution in [2.75, 3.05) is 7.11 Å². The molecule has 2 atom stereocenters. The molecule has 2 aromatic rings. The van der Waals surface area contributed by atoms with Crippen LogP contribution in [0.25, 0.3) is 0 Å². The number of thiazole rings is 1. The van der Waals surface area contributed by atoms with Crippen molar-refractivity contribution < 1.29 is 4.74 Å². The largest absolute Gasteiger partial charge is 0.497 e. The van der Waals surface area contributed by atoms with Gasteiger partial charge < -0.3 is 10.1 Å². The van der Waals surface area contributed by atoms with Crippen LogP contribution in [-0.4, -0.2) is 12.1 Å². The molecule has 0 amide bonds. The summed E-state index contributed by atoms with van der Waals surface area (Å²) >= 11 is 1.68. The van der Waals surface area contributed by atoms with Gasteiger partial charge in [-0.25, -0.2) is 4.98 Å². The first-order chi connectivity index (χ1) is 8.70. The molecule has 0 radical (unpaired) electrons. The molecular formula is C14H18N2OS. The molecule has 0 aliphatic heterocycles. The summed E-state index contributed by atoms with van der Waals surface area (Å²) in [7, 11) is 1.69. The molecule has 3 nitrogen and oxygen atoms in total. The highest BCUT2D eigenvalue weighted by Gasteiger charge is 2.13. The number of hydrogen-bond donors (Lipinski definition) is 1. The smallest absolute Gasteiger partial charge is 0.119 e. The van der Waals surface area contributed by atoms with Crippen LogP contribution < -0.4 is 10.1 Å². The number of aromatic nitrogens is 1. The van der Waals surface area contributed by atoms with Crippen molar-refractivity contribution in [3.05, 3.63) is 46.4 Å². The van der Waals surface area contributed by atoms with Crippen molar-refractivity contribution in [1.82, 2.24) is 10.3 Å². The molecule has 1 heterocycles. The molecule has 18 heavy (non-hydrogen) atoms. The number of ether oxygens (including phenoxy) is 1. The Labute approximate surface area is 112 Å². The highest BCUT2D eigenvalue weighted by molar-refractivity contribution is 7.09. The SMILES string of the molecule is COc1cccc([C@H](C)NC(C)c2nccs2)c1. The van der Waals surface area contributed by atoms with Gasteiger partial charge in [-0.2, -0.15) is 0 Å². The summed E-state index contributed by atoms with van der Waals surface area (Å²) in [5, 5.41) is 6.66. The molecule has 0 saturated heterocycles. The average molecular weight is 262 g/mol. The topological polar surface area (TPSA) is 34.1 Å². The summed E-state index contributed by atoms with van der Waals surface area (Å²) < 4.78 is 5.24. The third kappa shape index (κ3) is 3.09. The van der Waals surface area contributed by atoms with Crippen molar-refractivity contribution >= 4 is 11.3 Å². The minimum absolute atomic E-state index is 0.256. The summed E-state index contributed by atoms with van der Waals surface area (Å²) in [5.74, 6) is 0.892.